The molecule has 2 heterocycles. The predicted octanol–water partition coefficient (Wildman–Crippen LogP) is 3.60. The first kappa shape index (κ1) is 16.6. The zero-order valence-corrected chi connectivity index (χ0v) is 14.6. The molecule has 0 amide bonds. The zero-order valence-electron chi connectivity index (χ0n) is 13.0. The Morgan fingerprint density at radius 2 is 1.81 bits per heavy atom. The molecular formula is C17H11ClFN3O3S. The first-order valence-corrected chi connectivity index (χ1v) is 9.32. The fraction of sp³-hybridized carbons (Fsp3) is 0. The molecule has 2 aromatic carbocycles. The number of hydrogen-bond donors (Lipinski definition) is 3. The lowest BCUT2D eigenvalue weighted by molar-refractivity contribution is 0.599. The van der Waals surface area contributed by atoms with Gasteiger partial charge in [0.1, 0.15) is 10.7 Å². The van der Waals surface area contributed by atoms with E-state index in [0.29, 0.717) is 16.4 Å². The summed E-state index contributed by atoms with van der Waals surface area (Å²) in [4.78, 5) is 17.1. The van der Waals surface area contributed by atoms with Crippen LogP contribution in [0, 0.1) is 5.82 Å². The van der Waals surface area contributed by atoms with E-state index in [9.17, 15) is 17.6 Å². The monoisotopic (exact) mass is 391 g/mol. The summed E-state index contributed by atoms with van der Waals surface area (Å²) in [5, 5.41) is 1.29. The van der Waals surface area contributed by atoms with Crippen LogP contribution in [-0.2, 0) is 10.0 Å². The highest BCUT2D eigenvalue weighted by atomic mass is 35.5. The largest absolute Gasteiger partial charge is 0.358 e. The number of hydrogen-bond acceptors (Lipinski definition) is 3. The maximum atomic E-state index is 13.9. The summed E-state index contributed by atoms with van der Waals surface area (Å²) in [6, 6.07) is 10.0. The van der Waals surface area contributed by atoms with Crippen LogP contribution in [0.3, 0.4) is 0 Å². The third-order valence-electron chi connectivity index (χ3n) is 3.98. The van der Waals surface area contributed by atoms with Gasteiger partial charge in [-0.1, -0.05) is 23.7 Å². The molecular weight excluding hydrogens is 381 g/mol. The number of aromatic amines is 2. The number of halogens is 2. The van der Waals surface area contributed by atoms with Gasteiger partial charge in [-0.3, -0.25) is 9.52 Å². The van der Waals surface area contributed by atoms with Gasteiger partial charge in [-0.2, -0.15) is 0 Å². The molecule has 9 heteroatoms. The Hall–Kier alpha value is -2.84. The zero-order chi connectivity index (χ0) is 18.5. The Balaban J connectivity index is 1.86. The van der Waals surface area contributed by atoms with Crippen molar-refractivity contribution in [2.45, 2.75) is 4.90 Å². The van der Waals surface area contributed by atoms with Crippen LogP contribution in [0.2, 0.25) is 5.02 Å². The van der Waals surface area contributed by atoms with Gasteiger partial charge in [-0.25, -0.2) is 12.8 Å². The smallest absolute Gasteiger partial charge is 0.264 e. The van der Waals surface area contributed by atoms with E-state index < -0.39 is 15.8 Å². The number of sulfonamides is 1. The number of aromatic nitrogens is 2. The Labute approximate surface area is 151 Å². The van der Waals surface area contributed by atoms with Crippen molar-refractivity contribution in [3.8, 4) is 0 Å². The van der Waals surface area contributed by atoms with Crippen LogP contribution in [0.4, 0.5) is 10.1 Å². The molecule has 0 bridgehead atoms. The summed E-state index contributed by atoms with van der Waals surface area (Å²) in [7, 11) is -4.07. The van der Waals surface area contributed by atoms with Crippen molar-refractivity contribution in [1.82, 2.24) is 9.97 Å². The van der Waals surface area contributed by atoms with Crippen LogP contribution in [0.1, 0.15) is 0 Å². The van der Waals surface area contributed by atoms with Gasteiger partial charge in [0, 0.05) is 28.1 Å². The van der Waals surface area contributed by atoms with Gasteiger partial charge >= 0.3 is 0 Å². The second-order valence-electron chi connectivity index (χ2n) is 5.66. The maximum Gasteiger partial charge on any atom is 0.264 e. The van der Waals surface area contributed by atoms with Gasteiger partial charge in [0.25, 0.3) is 10.0 Å². The highest BCUT2D eigenvalue weighted by molar-refractivity contribution is 7.93. The first-order valence-electron chi connectivity index (χ1n) is 7.46. The normalized spacial score (nSPS) is 11.9. The van der Waals surface area contributed by atoms with E-state index >= 15 is 0 Å². The molecule has 0 unspecified atom stereocenters. The van der Waals surface area contributed by atoms with Gasteiger partial charge in [0.15, 0.2) is 0 Å². The van der Waals surface area contributed by atoms with E-state index in [1.165, 1.54) is 24.4 Å². The molecule has 4 rings (SSSR count). The van der Waals surface area contributed by atoms with Crippen LogP contribution >= 0.6 is 11.6 Å². The van der Waals surface area contributed by atoms with E-state index in [-0.39, 0.29) is 21.2 Å². The Morgan fingerprint density at radius 1 is 1.04 bits per heavy atom. The summed E-state index contributed by atoms with van der Waals surface area (Å²) >= 11 is 5.68. The van der Waals surface area contributed by atoms with Crippen molar-refractivity contribution in [1.29, 1.82) is 0 Å². The van der Waals surface area contributed by atoms with Gasteiger partial charge in [0.05, 0.1) is 16.7 Å². The maximum absolute atomic E-state index is 13.9. The van der Waals surface area contributed by atoms with Crippen LogP contribution in [0.25, 0.3) is 21.8 Å². The summed E-state index contributed by atoms with van der Waals surface area (Å²) in [6.07, 6.45) is 1.30. The van der Waals surface area contributed by atoms with Gasteiger partial charge < -0.3 is 9.97 Å². The van der Waals surface area contributed by atoms with Crippen LogP contribution in [-0.4, -0.2) is 18.4 Å². The molecule has 0 saturated heterocycles. The Bertz CT molecular complexity index is 1330. The number of pyridine rings is 1. The molecule has 6 nitrogen and oxygen atoms in total. The average molecular weight is 392 g/mol. The number of benzene rings is 2. The van der Waals surface area contributed by atoms with Crippen molar-refractivity contribution in [3.05, 3.63) is 69.9 Å². The lowest BCUT2D eigenvalue weighted by Crippen LogP contribution is -2.13. The van der Waals surface area contributed by atoms with Crippen LogP contribution in [0.15, 0.2) is 58.4 Å². The SMILES string of the molecule is O=c1ccc2ccc3c(S(=O)(=O)Nc4ccc(Cl)cc4F)c[nH]c3c2[nH]1. The molecule has 0 aliphatic heterocycles. The topological polar surface area (TPSA) is 94.8 Å². The van der Waals surface area contributed by atoms with E-state index in [0.717, 1.165) is 11.5 Å². The minimum Gasteiger partial charge on any atom is -0.358 e. The second-order valence-corrected chi connectivity index (χ2v) is 7.74. The van der Waals surface area contributed by atoms with Gasteiger partial charge in [-0.15, -0.1) is 0 Å². The summed E-state index contributed by atoms with van der Waals surface area (Å²) in [5.74, 6) is -0.782. The molecule has 0 fully saturated rings. The minimum atomic E-state index is -4.07. The van der Waals surface area contributed by atoms with Crippen molar-refractivity contribution in [3.63, 3.8) is 0 Å². The van der Waals surface area contributed by atoms with Crippen LogP contribution < -0.4 is 10.3 Å². The summed E-state index contributed by atoms with van der Waals surface area (Å²) in [6.45, 7) is 0. The molecule has 0 atom stereocenters. The Kier molecular flexibility index (Phi) is 3.74. The average Bonchev–Trinajstić information content (AvgIpc) is 3.03. The second kappa shape index (κ2) is 5.86. The fourth-order valence-corrected chi connectivity index (χ4v) is 4.19. The third kappa shape index (κ3) is 2.73. The van der Waals surface area contributed by atoms with E-state index in [1.54, 1.807) is 18.2 Å². The van der Waals surface area contributed by atoms with E-state index in [1.807, 2.05) is 0 Å². The third-order valence-corrected chi connectivity index (χ3v) is 5.62. The highest BCUT2D eigenvalue weighted by Crippen LogP contribution is 2.29. The number of rotatable bonds is 3. The molecule has 0 aliphatic carbocycles. The number of H-pyrrole nitrogens is 2. The lowest BCUT2D eigenvalue weighted by Gasteiger charge is -2.08. The van der Waals surface area contributed by atoms with E-state index in [4.69, 9.17) is 11.6 Å². The molecule has 2 aromatic heterocycles. The van der Waals surface area contributed by atoms with Crippen molar-refractivity contribution >= 4 is 49.1 Å². The number of nitrogens with one attached hydrogen (secondary N) is 3. The molecule has 0 spiro atoms. The molecule has 0 saturated carbocycles. The van der Waals surface area contributed by atoms with Crippen molar-refractivity contribution in [2.75, 3.05) is 4.72 Å². The number of anilines is 1. The molecule has 3 N–H and O–H groups in total. The van der Waals surface area contributed by atoms with Crippen molar-refractivity contribution < 1.29 is 12.8 Å². The molecule has 4 aromatic rings. The summed E-state index contributed by atoms with van der Waals surface area (Å²) in [5.41, 5.74) is 0.453. The summed E-state index contributed by atoms with van der Waals surface area (Å²) < 4.78 is 41.6. The predicted molar refractivity (Wildman–Crippen MR) is 98.6 cm³/mol. The van der Waals surface area contributed by atoms with Crippen LogP contribution in [0.5, 0.6) is 0 Å². The lowest BCUT2D eigenvalue weighted by atomic mass is 10.1. The quantitative estimate of drug-likeness (QED) is 0.498. The fourth-order valence-electron chi connectivity index (χ4n) is 2.79. The standard InChI is InChI=1S/C17H11ClFN3O3S/c18-10-3-5-13(12(19)7-10)22-26(24,25)14-8-20-17-11(14)4-1-9-2-6-15(23)21-16(9)17/h1-8,20,22H,(H,21,23). The van der Waals surface area contributed by atoms with Gasteiger partial charge in [0.2, 0.25) is 5.56 Å². The molecule has 132 valence electrons. The molecule has 0 radical (unpaired) electrons. The van der Waals surface area contributed by atoms with E-state index in [2.05, 4.69) is 14.7 Å². The van der Waals surface area contributed by atoms with Crippen molar-refractivity contribution in [2.24, 2.45) is 0 Å². The highest BCUT2D eigenvalue weighted by Gasteiger charge is 2.21. The molecule has 26 heavy (non-hydrogen) atoms. The first-order chi connectivity index (χ1) is 12.3. The van der Waals surface area contributed by atoms with Gasteiger partial charge in [-0.05, 0) is 24.3 Å². The Morgan fingerprint density at radius 3 is 2.58 bits per heavy atom. The minimum absolute atomic E-state index is 0.0616. The number of fused-ring (bicyclic) bond motifs is 3. The molecule has 0 aliphatic rings.